The summed E-state index contributed by atoms with van der Waals surface area (Å²) in [7, 11) is 0. The zero-order chi connectivity index (χ0) is 11.9. The predicted molar refractivity (Wildman–Crippen MR) is 56.8 cm³/mol. The molecule has 0 saturated carbocycles. The van der Waals surface area contributed by atoms with E-state index < -0.39 is 6.10 Å². The van der Waals surface area contributed by atoms with Crippen molar-refractivity contribution in [3.8, 4) is 11.5 Å². The maximum Gasteiger partial charge on any atom is 0.261 e. The molecule has 2 heterocycles. The topological polar surface area (TPSA) is 72.3 Å². The molecule has 0 radical (unpaired) electrons. The number of aryl methyl sites for hydroxylation is 2. The second-order valence-electron chi connectivity index (χ2n) is 3.85. The fraction of sp³-hybridized carbons (Fsp3) is 0.455. The van der Waals surface area contributed by atoms with Crippen molar-refractivity contribution >= 4 is 0 Å². The number of rotatable bonds is 2. The van der Waals surface area contributed by atoms with E-state index in [4.69, 9.17) is 8.94 Å². The summed E-state index contributed by atoms with van der Waals surface area (Å²) in [6, 6.07) is 0. The van der Waals surface area contributed by atoms with Gasteiger partial charge in [-0.15, -0.1) is 0 Å². The lowest BCUT2D eigenvalue weighted by Crippen LogP contribution is -1.93. The monoisotopic (exact) mass is 222 g/mol. The van der Waals surface area contributed by atoms with E-state index in [1.165, 1.54) is 0 Å². The summed E-state index contributed by atoms with van der Waals surface area (Å²) in [4.78, 5) is 4.13. The van der Waals surface area contributed by atoms with Crippen LogP contribution in [-0.4, -0.2) is 15.2 Å². The van der Waals surface area contributed by atoms with Gasteiger partial charge in [0.15, 0.2) is 5.82 Å². The van der Waals surface area contributed by atoms with Gasteiger partial charge in [0, 0.05) is 5.56 Å². The molecule has 0 aliphatic rings. The van der Waals surface area contributed by atoms with Gasteiger partial charge in [0.1, 0.15) is 17.6 Å². The van der Waals surface area contributed by atoms with Crippen LogP contribution >= 0.6 is 0 Å². The molecule has 1 atom stereocenters. The Morgan fingerprint density at radius 2 is 1.88 bits per heavy atom. The number of nitrogens with zero attached hydrogens (tertiary/aromatic N) is 2. The third-order valence-electron chi connectivity index (χ3n) is 2.59. The van der Waals surface area contributed by atoms with Gasteiger partial charge in [-0.05, 0) is 27.7 Å². The lowest BCUT2D eigenvalue weighted by Gasteiger charge is -1.93. The van der Waals surface area contributed by atoms with E-state index in [0.29, 0.717) is 5.89 Å². The highest BCUT2D eigenvalue weighted by Crippen LogP contribution is 2.30. The predicted octanol–water partition coefficient (Wildman–Crippen LogP) is 2.31. The number of aliphatic hydroxyl groups is 1. The van der Waals surface area contributed by atoms with Gasteiger partial charge >= 0.3 is 0 Å². The van der Waals surface area contributed by atoms with Gasteiger partial charge in [0.25, 0.3) is 5.89 Å². The first-order valence-electron chi connectivity index (χ1n) is 5.09. The molecule has 0 aliphatic carbocycles. The number of hydrogen-bond acceptors (Lipinski definition) is 5. The van der Waals surface area contributed by atoms with Crippen LogP contribution in [0.1, 0.15) is 35.9 Å². The molecule has 2 aromatic rings. The lowest BCUT2D eigenvalue weighted by molar-refractivity contribution is 0.184. The summed E-state index contributed by atoms with van der Waals surface area (Å²) in [5.41, 5.74) is 1.80. The van der Waals surface area contributed by atoms with Crippen LogP contribution < -0.4 is 0 Å². The Labute approximate surface area is 93.1 Å². The van der Waals surface area contributed by atoms with Gasteiger partial charge in [-0.3, -0.25) is 0 Å². The average Bonchev–Trinajstić information content (AvgIpc) is 2.74. The molecule has 0 fully saturated rings. The van der Waals surface area contributed by atoms with Crippen LogP contribution in [0.5, 0.6) is 0 Å². The summed E-state index contributed by atoms with van der Waals surface area (Å²) >= 11 is 0. The zero-order valence-electron chi connectivity index (χ0n) is 9.74. The first-order chi connectivity index (χ1) is 7.50. The lowest BCUT2D eigenvalue weighted by atomic mass is 10.1. The third-order valence-corrected chi connectivity index (χ3v) is 2.59. The van der Waals surface area contributed by atoms with E-state index in [0.717, 1.165) is 22.6 Å². The molecule has 0 saturated heterocycles. The Balaban J connectivity index is 2.50. The first-order valence-corrected chi connectivity index (χ1v) is 5.09. The van der Waals surface area contributed by atoms with Crippen LogP contribution in [0.4, 0.5) is 0 Å². The maximum atomic E-state index is 9.32. The van der Waals surface area contributed by atoms with Crippen molar-refractivity contribution in [2.45, 2.75) is 33.8 Å². The second kappa shape index (κ2) is 3.75. The minimum atomic E-state index is -0.730. The molecule has 2 aromatic heterocycles. The molecule has 1 N–H and O–H groups in total. The molecule has 5 nitrogen and oxygen atoms in total. The summed E-state index contributed by atoms with van der Waals surface area (Å²) < 4.78 is 10.6. The van der Waals surface area contributed by atoms with Crippen molar-refractivity contribution in [2.75, 3.05) is 0 Å². The van der Waals surface area contributed by atoms with Crippen LogP contribution in [0.15, 0.2) is 8.94 Å². The third kappa shape index (κ3) is 1.63. The molecule has 0 spiro atoms. The molecule has 0 aromatic carbocycles. The van der Waals surface area contributed by atoms with Gasteiger partial charge < -0.3 is 14.0 Å². The normalized spacial score (nSPS) is 13.1. The fourth-order valence-electron chi connectivity index (χ4n) is 1.61. The van der Waals surface area contributed by atoms with Crippen molar-refractivity contribution in [3.05, 3.63) is 22.9 Å². The molecule has 5 heteroatoms. The number of aliphatic hydroxyl groups excluding tert-OH is 1. The fourth-order valence-corrected chi connectivity index (χ4v) is 1.61. The Morgan fingerprint density at radius 3 is 2.31 bits per heavy atom. The van der Waals surface area contributed by atoms with E-state index in [1.807, 2.05) is 20.8 Å². The smallest absolute Gasteiger partial charge is 0.261 e. The van der Waals surface area contributed by atoms with Gasteiger partial charge in [-0.25, -0.2) is 0 Å². The van der Waals surface area contributed by atoms with Crippen molar-refractivity contribution < 1.29 is 14.0 Å². The maximum absolute atomic E-state index is 9.32. The number of aromatic nitrogens is 2. The molecule has 0 bridgehead atoms. The largest absolute Gasteiger partial charge is 0.466 e. The Bertz CT molecular complexity index is 511. The van der Waals surface area contributed by atoms with E-state index in [-0.39, 0.29) is 5.82 Å². The van der Waals surface area contributed by atoms with Crippen LogP contribution in [0.25, 0.3) is 11.5 Å². The van der Waals surface area contributed by atoms with Gasteiger partial charge in [0.05, 0.1) is 5.56 Å². The zero-order valence-corrected chi connectivity index (χ0v) is 9.74. The van der Waals surface area contributed by atoms with Gasteiger partial charge in [0.2, 0.25) is 0 Å². The molecule has 0 aliphatic heterocycles. The Kier molecular flexibility index (Phi) is 2.55. The SMILES string of the molecule is Cc1oc(C)c(-c2nc(C(C)O)no2)c1C. The highest BCUT2D eigenvalue weighted by atomic mass is 16.5. The average molecular weight is 222 g/mol. The van der Waals surface area contributed by atoms with E-state index in [9.17, 15) is 5.11 Å². The molecule has 2 rings (SSSR count). The van der Waals surface area contributed by atoms with Crippen molar-refractivity contribution in [2.24, 2.45) is 0 Å². The van der Waals surface area contributed by atoms with Crippen molar-refractivity contribution in [3.63, 3.8) is 0 Å². The van der Waals surface area contributed by atoms with E-state index in [1.54, 1.807) is 6.92 Å². The molecule has 0 amide bonds. The van der Waals surface area contributed by atoms with Crippen molar-refractivity contribution in [1.29, 1.82) is 0 Å². The van der Waals surface area contributed by atoms with Crippen LogP contribution in [0.3, 0.4) is 0 Å². The van der Waals surface area contributed by atoms with E-state index >= 15 is 0 Å². The van der Waals surface area contributed by atoms with E-state index in [2.05, 4.69) is 10.1 Å². The summed E-state index contributed by atoms with van der Waals surface area (Å²) in [6.45, 7) is 7.27. The quantitative estimate of drug-likeness (QED) is 0.844. The summed E-state index contributed by atoms with van der Waals surface area (Å²) in [5.74, 6) is 2.26. The minimum Gasteiger partial charge on any atom is -0.466 e. The Morgan fingerprint density at radius 1 is 1.19 bits per heavy atom. The Hall–Kier alpha value is -1.62. The van der Waals surface area contributed by atoms with Crippen molar-refractivity contribution in [1.82, 2.24) is 10.1 Å². The minimum absolute atomic E-state index is 0.285. The van der Waals surface area contributed by atoms with Crippen LogP contribution in [0, 0.1) is 20.8 Å². The summed E-state index contributed by atoms with van der Waals surface area (Å²) in [6.07, 6.45) is -0.730. The van der Waals surface area contributed by atoms with Gasteiger partial charge in [-0.2, -0.15) is 4.98 Å². The molecular formula is C11H14N2O3. The van der Waals surface area contributed by atoms with Gasteiger partial charge in [-0.1, -0.05) is 5.16 Å². The molecule has 86 valence electrons. The second-order valence-corrected chi connectivity index (χ2v) is 3.85. The van der Waals surface area contributed by atoms with Crippen LogP contribution in [-0.2, 0) is 0 Å². The number of furan rings is 1. The molecule has 1 unspecified atom stereocenters. The molecular weight excluding hydrogens is 208 g/mol. The first kappa shape index (κ1) is 10.9. The standard InChI is InChI=1S/C11H14N2O3/c1-5-7(3)15-8(4)9(5)11-12-10(6(2)14)13-16-11/h6,14H,1-4H3. The molecule has 16 heavy (non-hydrogen) atoms. The number of hydrogen-bond donors (Lipinski definition) is 1. The highest BCUT2D eigenvalue weighted by molar-refractivity contribution is 5.61. The van der Waals surface area contributed by atoms with Crippen LogP contribution in [0.2, 0.25) is 0 Å². The highest BCUT2D eigenvalue weighted by Gasteiger charge is 2.20. The summed E-state index contributed by atoms with van der Waals surface area (Å²) in [5, 5.41) is 13.0.